The lowest BCUT2D eigenvalue weighted by molar-refractivity contribution is 0.430. The van der Waals surface area contributed by atoms with E-state index in [1.807, 2.05) is 4.68 Å². The molecule has 0 radical (unpaired) electrons. The molecule has 0 amide bonds. The summed E-state index contributed by atoms with van der Waals surface area (Å²) in [5.41, 5.74) is 0. The van der Waals surface area contributed by atoms with E-state index in [2.05, 4.69) is 23.9 Å². The Hall–Kier alpha value is -0.570. The lowest BCUT2D eigenvalue weighted by atomic mass is 10.1. The summed E-state index contributed by atoms with van der Waals surface area (Å²) < 4.78 is 1.88. The van der Waals surface area contributed by atoms with Crippen LogP contribution < -0.4 is 0 Å². The van der Waals surface area contributed by atoms with Gasteiger partial charge in [0.1, 0.15) is 12.2 Å². The fraction of sp³-hybridized carbons (Fsp3) is 0.750. The first kappa shape index (κ1) is 9.52. The SMILES string of the molecule is CCC(C)Cn1ncnc1CCl. The summed E-state index contributed by atoms with van der Waals surface area (Å²) >= 11 is 5.68. The van der Waals surface area contributed by atoms with E-state index in [-0.39, 0.29) is 0 Å². The highest BCUT2D eigenvalue weighted by Gasteiger charge is 2.05. The Kier molecular flexibility index (Phi) is 3.53. The van der Waals surface area contributed by atoms with Gasteiger partial charge in [0.2, 0.25) is 0 Å². The second-order valence-electron chi connectivity index (χ2n) is 3.01. The van der Waals surface area contributed by atoms with E-state index in [0.717, 1.165) is 18.8 Å². The van der Waals surface area contributed by atoms with Crippen LogP contribution in [-0.2, 0) is 12.4 Å². The van der Waals surface area contributed by atoms with Gasteiger partial charge in [0.25, 0.3) is 0 Å². The van der Waals surface area contributed by atoms with Gasteiger partial charge in [-0.25, -0.2) is 9.67 Å². The highest BCUT2D eigenvalue weighted by Crippen LogP contribution is 2.06. The van der Waals surface area contributed by atoms with E-state index >= 15 is 0 Å². The Balaban J connectivity index is 2.61. The van der Waals surface area contributed by atoms with Crippen molar-refractivity contribution in [2.75, 3.05) is 0 Å². The maximum atomic E-state index is 5.68. The summed E-state index contributed by atoms with van der Waals surface area (Å²) in [6.45, 7) is 5.28. The predicted molar refractivity (Wildman–Crippen MR) is 49.0 cm³/mol. The highest BCUT2D eigenvalue weighted by atomic mass is 35.5. The van der Waals surface area contributed by atoms with Crippen LogP contribution in [0.3, 0.4) is 0 Å². The summed E-state index contributed by atoms with van der Waals surface area (Å²) in [6, 6.07) is 0. The van der Waals surface area contributed by atoms with Gasteiger partial charge in [-0.3, -0.25) is 0 Å². The predicted octanol–water partition coefficient (Wildman–Crippen LogP) is 2.06. The molecule has 0 aliphatic heterocycles. The summed E-state index contributed by atoms with van der Waals surface area (Å²) in [7, 11) is 0. The molecule has 3 nitrogen and oxygen atoms in total. The summed E-state index contributed by atoms with van der Waals surface area (Å²) in [5, 5.41) is 4.10. The third-order valence-electron chi connectivity index (χ3n) is 2.00. The lowest BCUT2D eigenvalue weighted by Gasteiger charge is -2.09. The van der Waals surface area contributed by atoms with Crippen LogP contribution in [0.15, 0.2) is 6.33 Å². The molecule has 1 heterocycles. The van der Waals surface area contributed by atoms with E-state index in [1.54, 1.807) is 6.33 Å². The Labute approximate surface area is 77.8 Å². The number of alkyl halides is 1. The second kappa shape index (κ2) is 4.45. The van der Waals surface area contributed by atoms with Crippen molar-refractivity contribution in [1.29, 1.82) is 0 Å². The Morgan fingerprint density at radius 3 is 3.00 bits per heavy atom. The van der Waals surface area contributed by atoms with E-state index in [4.69, 9.17) is 11.6 Å². The molecule has 1 aromatic heterocycles. The fourth-order valence-corrected chi connectivity index (χ4v) is 1.18. The maximum absolute atomic E-state index is 5.68. The van der Waals surface area contributed by atoms with Gasteiger partial charge in [0.05, 0.1) is 5.88 Å². The van der Waals surface area contributed by atoms with E-state index in [0.29, 0.717) is 11.8 Å². The van der Waals surface area contributed by atoms with Crippen LogP contribution in [0.1, 0.15) is 26.1 Å². The van der Waals surface area contributed by atoms with Gasteiger partial charge in [0.15, 0.2) is 0 Å². The van der Waals surface area contributed by atoms with E-state index < -0.39 is 0 Å². The Morgan fingerprint density at radius 2 is 2.42 bits per heavy atom. The molecule has 1 rings (SSSR count). The number of nitrogens with zero attached hydrogens (tertiary/aromatic N) is 3. The minimum absolute atomic E-state index is 0.441. The summed E-state index contributed by atoms with van der Waals surface area (Å²) in [5.74, 6) is 1.93. The normalized spacial score (nSPS) is 13.2. The molecule has 0 saturated carbocycles. The quantitative estimate of drug-likeness (QED) is 0.676. The molecule has 0 aromatic carbocycles. The standard InChI is InChI=1S/C8H14ClN3/c1-3-7(2)5-12-8(4-9)10-6-11-12/h6-7H,3-5H2,1-2H3. The van der Waals surface area contributed by atoms with Crippen LogP contribution in [0.2, 0.25) is 0 Å². The van der Waals surface area contributed by atoms with Gasteiger partial charge in [0, 0.05) is 6.54 Å². The third kappa shape index (κ3) is 2.21. The van der Waals surface area contributed by atoms with Gasteiger partial charge in [-0.05, 0) is 5.92 Å². The van der Waals surface area contributed by atoms with Gasteiger partial charge < -0.3 is 0 Å². The van der Waals surface area contributed by atoms with Crippen LogP contribution in [-0.4, -0.2) is 14.8 Å². The van der Waals surface area contributed by atoms with Crippen molar-refractivity contribution in [3.8, 4) is 0 Å². The average Bonchev–Trinajstić information content (AvgIpc) is 2.51. The van der Waals surface area contributed by atoms with Crippen molar-refractivity contribution < 1.29 is 0 Å². The molecule has 1 unspecified atom stereocenters. The van der Waals surface area contributed by atoms with Crippen LogP contribution in [0.5, 0.6) is 0 Å². The molecule has 0 aliphatic rings. The zero-order chi connectivity index (χ0) is 8.97. The Bertz CT molecular complexity index is 234. The lowest BCUT2D eigenvalue weighted by Crippen LogP contribution is -2.10. The average molecular weight is 188 g/mol. The third-order valence-corrected chi connectivity index (χ3v) is 2.24. The van der Waals surface area contributed by atoms with Crippen LogP contribution >= 0.6 is 11.6 Å². The first-order chi connectivity index (χ1) is 5.77. The van der Waals surface area contributed by atoms with Crippen LogP contribution in [0, 0.1) is 5.92 Å². The number of halogens is 1. The molecule has 0 bridgehead atoms. The summed E-state index contributed by atoms with van der Waals surface area (Å²) in [6.07, 6.45) is 2.71. The number of rotatable bonds is 4. The van der Waals surface area contributed by atoms with Gasteiger partial charge in [-0.2, -0.15) is 5.10 Å². The minimum atomic E-state index is 0.441. The topological polar surface area (TPSA) is 30.7 Å². The molecule has 0 saturated heterocycles. The second-order valence-corrected chi connectivity index (χ2v) is 3.27. The number of hydrogen-bond donors (Lipinski definition) is 0. The molecule has 12 heavy (non-hydrogen) atoms. The number of hydrogen-bond acceptors (Lipinski definition) is 2. The van der Waals surface area contributed by atoms with Crippen molar-refractivity contribution >= 4 is 11.6 Å². The largest absolute Gasteiger partial charge is 0.249 e. The van der Waals surface area contributed by atoms with Crippen molar-refractivity contribution in [3.05, 3.63) is 12.2 Å². The smallest absolute Gasteiger partial charge is 0.141 e. The molecule has 1 aromatic rings. The van der Waals surface area contributed by atoms with Crippen molar-refractivity contribution in [2.45, 2.75) is 32.7 Å². The molecule has 0 spiro atoms. The maximum Gasteiger partial charge on any atom is 0.141 e. The first-order valence-corrected chi connectivity index (χ1v) is 4.74. The molecule has 1 atom stereocenters. The summed E-state index contributed by atoms with van der Waals surface area (Å²) in [4.78, 5) is 4.04. The molecule has 0 aliphatic carbocycles. The van der Waals surface area contributed by atoms with E-state index in [1.165, 1.54) is 0 Å². The first-order valence-electron chi connectivity index (χ1n) is 4.20. The molecule has 4 heteroatoms. The molecule has 0 N–H and O–H groups in total. The molecular formula is C8H14ClN3. The van der Waals surface area contributed by atoms with Crippen molar-refractivity contribution in [1.82, 2.24) is 14.8 Å². The minimum Gasteiger partial charge on any atom is -0.249 e. The van der Waals surface area contributed by atoms with Crippen LogP contribution in [0.4, 0.5) is 0 Å². The monoisotopic (exact) mass is 187 g/mol. The molecule has 68 valence electrons. The van der Waals surface area contributed by atoms with E-state index in [9.17, 15) is 0 Å². The molecular weight excluding hydrogens is 174 g/mol. The van der Waals surface area contributed by atoms with Crippen LogP contribution in [0.25, 0.3) is 0 Å². The molecule has 0 fully saturated rings. The Morgan fingerprint density at radius 1 is 1.67 bits per heavy atom. The highest BCUT2D eigenvalue weighted by molar-refractivity contribution is 6.16. The number of aromatic nitrogens is 3. The zero-order valence-electron chi connectivity index (χ0n) is 7.50. The zero-order valence-corrected chi connectivity index (χ0v) is 8.25. The van der Waals surface area contributed by atoms with Crippen molar-refractivity contribution in [3.63, 3.8) is 0 Å². The fourth-order valence-electron chi connectivity index (χ4n) is 0.968. The van der Waals surface area contributed by atoms with Gasteiger partial charge in [-0.15, -0.1) is 11.6 Å². The van der Waals surface area contributed by atoms with Crippen molar-refractivity contribution in [2.24, 2.45) is 5.92 Å². The van der Waals surface area contributed by atoms with Gasteiger partial charge >= 0.3 is 0 Å². The van der Waals surface area contributed by atoms with Gasteiger partial charge in [-0.1, -0.05) is 20.3 Å².